The Morgan fingerprint density at radius 2 is 2.06 bits per heavy atom. The minimum atomic E-state index is -3.21. The van der Waals surface area contributed by atoms with Gasteiger partial charge in [-0.25, -0.2) is 18.8 Å². The van der Waals surface area contributed by atoms with Gasteiger partial charge in [-0.15, -0.1) is 0 Å². The Kier molecular flexibility index (Phi) is 6.41. The number of hydrogen-bond donors (Lipinski definition) is 5. The Morgan fingerprint density at radius 1 is 1.19 bits per heavy atom. The Labute approximate surface area is 212 Å². The van der Waals surface area contributed by atoms with Crippen molar-refractivity contribution in [1.82, 2.24) is 30.4 Å². The van der Waals surface area contributed by atoms with Crippen LogP contribution in [0.1, 0.15) is 67.2 Å². The first kappa shape index (κ1) is 24.1. The fourth-order valence-corrected chi connectivity index (χ4v) is 8.09. The summed E-state index contributed by atoms with van der Waals surface area (Å²) in [5.41, 5.74) is 11.8. The summed E-state index contributed by atoms with van der Waals surface area (Å²) in [7, 11) is -3.21. The fourth-order valence-electron chi connectivity index (χ4n) is 6.38. The summed E-state index contributed by atoms with van der Waals surface area (Å²) in [6.07, 6.45) is 8.83. The lowest BCUT2D eigenvalue weighted by Gasteiger charge is -2.34. The molecule has 0 bridgehead atoms. The Morgan fingerprint density at radius 3 is 2.78 bits per heavy atom. The number of benzene rings is 1. The van der Waals surface area contributed by atoms with Gasteiger partial charge in [-0.05, 0) is 72.8 Å². The summed E-state index contributed by atoms with van der Waals surface area (Å²) in [4.78, 5) is 8.27. The number of aryl methyl sites for hydroxylation is 1. The zero-order valence-electron chi connectivity index (χ0n) is 20.7. The number of aromatic amines is 1. The van der Waals surface area contributed by atoms with Gasteiger partial charge in [0.1, 0.15) is 16.8 Å². The van der Waals surface area contributed by atoms with E-state index in [0.29, 0.717) is 56.2 Å². The number of phenolic OH excluding ortho intramolecular Hbond substituents is 1. The molecule has 0 amide bonds. The van der Waals surface area contributed by atoms with Crippen LogP contribution in [0.15, 0.2) is 30.5 Å². The molecule has 2 aromatic rings. The van der Waals surface area contributed by atoms with Gasteiger partial charge in [-0.3, -0.25) is 5.43 Å². The molecule has 1 aromatic heterocycles. The minimum absolute atomic E-state index is 0.127. The lowest BCUT2D eigenvalue weighted by Crippen LogP contribution is -2.56. The lowest BCUT2D eigenvalue weighted by atomic mass is 9.73. The van der Waals surface area contributed by atoms with Crippen LogP contribution in [-0.2, 0) is 16.4 Å². The number of fused-ring (bicyclic) bond motifs is 1. The number of H-pyrrole nitrogens is 1. The Hall–Kier alpha value is -2.24. The smallest absolute Gasteiger partial charge is 0.219 e. The van der Waals surface area contributed by atoms with Gasteiger partial charge in [0.25, 0.3) is 0 Å². The molecular weight excluding hydrogens is 476 g/mol. The van der Waals surface area contributed by atoms with Crippen molar-refractivity contribution in [2.75, 3.05) is 26.2 Å². The van der Waals surface area contributed by atoms with Gasteiger partial charge in [0.05, 0.1) is 17.9 Å². The molecule has 4 heterocycles. The van der Waals surface area contributed by atoms with Gasteiger partial charge in [0.2, 0.25) is 10.0 Å². The van der Waals surface area contributed by atoms with Gasteiger partial charge < -0.3 is 15.4 Å². The van der Waals surface area contributed by atoms with Crippen molar-refractivity contribution < 1.29 is 13.5 Å². The molecule has 36 heavy (non-hydrogen) atoms. The van der Waals surface area contributed by atoms with Crippen LogP contribution in [0, 0.1) is 5.92 Å². The zero-order valence-corrected chi connectivity index (χ0v) is 21.5. The second-order valence-corrected chi connectivity index (χ2v) is 12.8. The molecule has 4 unspecified atom stereocenters. The molecule has 0 spiro atoms. The van der Waals surface area contributed by atoms with E-state index in [1.165, 1.54) is 11.1 Å². The molecule has 3 fully saturated rings. The number of nitrogens with one attached hydrogen (secondary N) is 4. The number of aromatic hydroxyl groups is 1. The van der Waals surface area contributed by atoms with Crippen molar-refractivity contribution >= 4 is 15.6 Å². The van der Waals surface area contributed by atoms with E-state index in [4.69, 9.17) is 4.98 Å². The fraction of sp³-hybridized carbons (Fsp3) is 0.577. The number of hydrazine groups is 1. The molecule has 5 N–H and O–H groups in total. The molecule has 9 nitrogen and oxygen atoms in total. The third-order valence-electron chi connectivity index (χ3n) is 8.64. The first-order valence-corrected chi connectivity index (χ1v) is 14.7. The summed E-state index contributed by atoms with van der Waals surface area (Å²) in [5.74, 6) is 2.24. The second kappa shape index (κ2) is 9.57. The minimum Gasteiger partial charge on any atom is -0.508 e. The van der Waals surface area contributed by atoms with Gasteiger partial charge in [0, 0.05) is 32.2 Å². The molecule has 10 heteroatoms. The molecule has 4 atom stereocenters. The zero-order chi connectivity index (χ0) is 24.9. The van der Waals surface area contributed by atoms with Crippen LogP contribution in [0.2, 0.25) is 0 Å². The number of aromatic nitrogens is 2. The highest BCUT2D eigenvalue weighted by molar-refractivity contribution is 7.89. The van der Waals surface area contributed by atoms with E-state index < -0.39 is 10.0 Å². The molecule has 194 valence electrons. The maximum atomic E-state index is 12.7. The first-order valence-electron chi connectivity index (χ1n) is 13.2. The highest BCUT2D eigenvalue weighted by atomic mass is 32.2. The Bertz CT molecular complexity index is 1250. The molecule has 4 aliphatic rings. The van der Waals surface area contributed by atoms with Crippen LogP contribution in [-0.4, -0.2) is 65.3 Å². The predicted octanol–water partition coefficient (Wildman–Crippen LogP) is 2.17. The van der Waals surface area contributed by atoms with E-state index in [1.54, 1.807) is 4.31 Å². The van der Waals surface area contributed by atoms with Crippen LogP contribution in [0.3, 0.4) is 0 Å². The van der Waals surface area contributed by atoms with Crippen LogP contribution in [0.4, 0.5) is 0 Å². The highest BCUT2D eigenvalue weighted by Gasteiger charge is 2.43. The third kappa shape index (κ3) is 4.28. The first-order chi connectivity index (χ1) is 17.4. The molecule has 1 aromatic carbocycles. The van der Waals surface area contributed by atoms with E-state index in [9.17, 15) is 13.5 Å². The van der Waals surface area contributed by atoms with E-state index in [1.807, 2.05) is 24.4 Å². The van der Waals surface area contributed by atoms with Crippen molar-refractivity contribution in [2.24, 2.45) is 5.92 Å². The van der Waals surface area contributed by atoms with Crippen LogP contribution >= 0.6 is 0 Å². The summed E-state index contributed by atoms with van der Waals surface area (Å²) in [6, 6.07) is 6.32. The quantitative estimate of drug-likeness (QED) is 0.402. The maximum absolute atomic E-state index is 12.7. The van der Waals surface area contributed by atoms with E-state index in [-0.39, 0.29) is 11.3 Å². The maximum Gasteiger partial charge on any atom is 0.219 e. The van der Waals surface area contributed by atoms with Gasteiger partial charge in [-0.1, -0.05) is 19.1 Å². The number of sulfonamides is 1. The number of nitrogens with zero attached hydrogens (tertiary/aromatic N) is 2. The highest BCUT2D eigenvalue weighted by Crippen LogP contribution is 2.44. The standard InChI is InChI=1S/C26H36N6O3S/c1-2-16-11-19(33)4-6-21(16)18-3-5-22-23(12-18)30-31-25(22)26-28-15-24(29-26)17-7-9-32(10-8-17)36(34,35)20-13-27-14-20/h4,6-7,11,15,18,20,22-23,25,27,30-31,33H,2-3,5,8-10,12-14H2,1H3,(H,28,29). The summed E-state index contributed by atoms with van der Waals surface area (Å²) < 4.78 is 27.0. The summed E-state index contributed by atoms with van der Waals surface area (Å²) in [6.45, 7) is 4.20. The van der Waals surface area contributed by atoms with Crippen molar-refractivity contribution in [3.05, 3.63) is 53.1 Å². The van der Waals surface area contributed by atoms with Gasteiger partial charge in [0.15, 0.2) is 0 Å². The van der Waals surface area contributed by atoms with E-state index in [0.717, 1.165) is 42.8 Å². The SMILES string of the molecule is CCc1cc(O)ccc1C1CCC2C(C1)NNC2c1ncc(C2=CCN(S(=O)(=O)C3CNC3)CC2)[nH]1. The van der Waals surface area contributed by atoms with Crippen molar-refractivity contribution in [1.29, 1.82) is 0 Å². The van der Waals surface area contributed by atoms with Crippen LogP contribution in [0.5, 0.6) is 5.75 Å². The molecular formula is C26H36N6O3S. The average molecular weight is 513 g/mol. The van der Waals surface area contributed by atoms with Crippen molar-refractivity contribution in [2.45, 2.75) is 62.3 Å². The number of rotatable bonds is 6. The van der Waals surface area contributed by atoms with Gasteiger partial charge >= 0.3 is 0 Å². The molecule has 0 radical (unpaired) electrons. The third-order valence-corrected chi connectivity index (χ3v) is 10.9. The van der Waals surface area contributed by atoms with Crippen LogP contribution in [0.25, 0.3) is 5.57 Å². The van der Waals surface area contributed by atoms with E-state index >= 15 is 0 Å². The monoisotopic (exact) mass is 512 g/mol. The second-order valence-electron chi connectivity index (χ2n) is 10.6. The van der Waals surface area contributed by atoms with Crippen LogP contribution < -0.4 is 16.2 Å². The molecule has 1 saturated carbocycles. The molecule has 6 rings (SSSR count). The number of phenols is 1. The van der Waals surface area contributed by atoms with Gasteiger partial charge in [-0.2, -0.15) is 4.31 Å². The normalized spacial score (nSPS) is 29.5. The lowest BCUT2D eigenvalue weighted by molar-refractivity contribution is 0.276. The molecule has 1 aliphatic carbocycles. The summed E-state index contributed by atoms with van der Waals surface area (Å²) >= 11 is 0. The topological polar surface area (TPSA) is 122 Å². The summed E-state index contributed by atoms with van der Waals surface area (Å²) in [5, 5.41) is 12.7. The van der Waals surface area contributed by atoms with Crippen molar-refractivity contribution in [3.63, 3.8) is 0 Å². The predicted molar refractivity (Wildman–Crippen MR) is 139 cm³/mol. The average Bonchev–Trinajstić information content (AvgIpc) is 3.49. The Balaban J connectivity index is 1.11. The molecule has 2 saturated heterocycles. The number of imidazole rings is 1. The van der Waals surface area contributed by atoms with Crippen molar-refractivity contribution in [3.8, 4) is 5.75 Å². The molecule has 3 aliphatic heterocycles. The largest absolute Gasteiger partial charge is 0.508 e. The number of hydrogen-bond acceptors (Lipinski definition) is 7. The van der Waals surface area contributed by atoms with E-state index in [2.05, 4.69) is 34.1 Å².